The van der Waals surface area contributed by atoms with Gasteiger partial charge in [0.15, 0.2) is 0 Å². The first-order chi connectivity index (χ1) is 12.7. The van der Waals surface area contributed by atoms with Gasteiger partial charge in [0.2, 0.25) is 0 Å². The summed E-state index contributed by atoms with van der Waals surface area (Å²) < 4.78 is 2.75. The van der Waals surface area contributed by atoms with Gasteiger partial charge in [-0.15, -0.1) is 23.5 Å². The SMILES string of the molecule is Cc1cccc(-c2c(C3Sc4ccccc4S3)c3ccccc3n2C)c1. The smallest absolute Gasteiger partial charge is 0.0873 e. The molecule has 0 atom stereocenters. The molecule has 0 spiro atoms. The Morgan fingerprint density at radius 1 is 0.808 bits per heavy atom. The molecule has 4 aromatic rings. The largest absolute Gasteiger partial charge is 0.343 e. The van der Waals surface area contributed by atoms with Crippen molar-refractivity contribution in [1.82, 2.24) is 4.57 Å². The molecular formula is C23H19NS2. The molecule has 0 N–H and O–H groups in total. The van der Waals surface area contributed by atoms with Crippen LogP contribution in [0.15, 0.2) is 82.6 Å². The second kappa shape index (κ2) is 6.26. The monoisotopic (exact) mass is 373 g/mol. The van der Waals surface area contributed by atoms with Crippen LogP contribution in [-0.2, 0) is 7.05 Å². The number of nitrogens with zero attached hydrogens (tertiary/aromatic N) is 1. The highest BCUT2D eigenvalue weighted by Gasteiger charge is 2.30. The Labute approximate surface area is 162 Å². The highest BCUT2D eigenvalue weighted by atomic mass is 32.2. The van der Waals surface area contributed by atoms with Crippen molar-refractivity contribution in [3.8, 4) is 11.3 Å². The minimum Gasteiger partial charge on any atom is -0.343 e. The average molecular weight is 374 g/mol. The Morgan fingerprint density at radius 2 is 1.50 bits per heavy atom. The molecule has 0 saturated heterocycles. The third-order valence-corrected chi connectivity index (χ3v) is 7.82. The molecule has 0 unspecified atom stereocenters. The number of para-hydroxylation sites is 1. The van der Waals surface area contributed by atoms with Crippen LogP contribution < -0.4 is 0 Å². The molecule has 0 fully saturated rings. The third kappa shape index (κ3) is 2.50. The first-order valence-corrected chi connectivity index (χ1v) is 10.5. The molecule has 3 heteroatoms. The minimum atomic E-state index is 0.383. The van der Waals surface area contributed by atoms with E-state index in [-0.39, 0.29) is 0 Å². The topological polar surface area (TPSA) is 4.93 Å². The number of hydrogen-bond donors (Lipinski definition) is 0. The standard InChI is InChI=1S/C23H19NS2/c1-15-8-7-9-16(14-15)22-21(17-10-3-4-11-18(17)24(22)2)23-25-19-12-5-6-13-20(19)26-23/h3-14,23H,1-2H3. The van der Waals surface area contributed by atoms with Gasteiger partial charge in [-0.2, -0.15) is 0 Å². The van der Waals surface area contributed by atoms with Gasteiger partial charge in [-0.05, 0) is 36.8 Å². The predicted molar refractivity (Wildman–Crippen MR) is 114 cm³/mol. The van der Waals surface area contributed by atoms with Crippen LogP contribution in [0.1, 0.15) is 15.7 Å². The third-order valence-electron chi connectivity index (χ3n) is 4.99. The van der Waals surface area contributed by atoms with Crippen LogP contribution in [0.4, 0.5) is 0 Å². The van der Waals surface area contributed by atoms with E-state index in [0.29, 0.717) is 4.58 Å². The van der Waals surface area contributed by atoms with E-state index >= 15 is 0 Å². The fourth-order valence-corrected chi connectivity index (χ4v) is 6.78. The van der Waals surface area contributed by atoms with Gasteiger partial charge < -0.3 is 4.57 Å². The molecular weight excluding hydrogens is 354 g/mol. The zero-order chi connectivity index (χ0) is 17.7. The van der Waals surface area contributed by atoms with Crippen LogP contribution in [0.3, 0.4) is 0 Å². The van der Waals surface area contributed by atoms with Gasteiger partial charge in [0, 0.05) is 33.3 Å². The van der Waals surface area contributed by atoms with Gasteiger partial charge in [-0.25, -0.2) is 0 Å². The fraction of sp³-hybridized carbons (Fsp3) is 0.130. The quantitative estimate of drug-likeness (QED) is 0.371. The Kier molecular flexibility index (Phi) is 3.87. The Morgan fingerprint density at radius 3 is 2.23 bits per heavy atom. The maximum absolute atomic E-state index is 2.36. The first-order valence-electron chi connectivity index (χ1n) is 8.79. The average Bonchev–Trinajstić information content (AvgIpc) is 3.21. The Hall–Kier alpha value is -2.10. The second-order valence-corrected chi connectivity index (χ2v) is 9.31. The molecule has 2 heterocycles. The number of aryl methyl sites for hydroxylation is 2. The van der Waals surface area contributed by atoms with Gasteiger partial charge in [-0.3, -0.25) is 0 Å². The van der Waals surface area contributed by atoms with Crippen LogP contribution in [0.5, 0.6) is 0 Å². The zero-order valence-corrected chi connectivity index (χ0v) is 16.4. The van der Waals surface area contributed by atoms with Crippen LogP contribution in [0, 0.1) is 6.92 Å². The summed E-state index contributed by atoms with van der Waals surface area (Å²) in [5, 5.41) is 1.37. The molecule has 0 radical (unpaired) electrons. The van der Waals surface area contributed by atoms with E-state index < -0.39 is 0 Å². The van der Waals surface area contributed by atoms with E-state index in [0.717, 1.165) is 0 Å². The Bertz CT molecular complexity index is 1100. The lowest BCUT2D eigenvalue weighted by Crippen LogP contribution is -1.95. The summed E-state index contributed by atoms with van der Waals surface area (Å²) in [5.74, 6) is 0. The van der Waals surface area contributed by atoms with E-state index in [9.17, 15) is 0 Å². The summed E-state index contributed by atoms with van der Waals surface area (Å²) in [5.41, 5.74) is 6.69. The summed E-state index contributed by atoms with van der Waals surface area (Å²) in [6.45, 7) is 2.17. The molecule has 26 heavy (non-hydrogen) atoms. The van der Waals surface area contributed by atoms with E-state index in [4.69, 9.17) is 0 Å². The molecule has 0 bridgehead atoms. The number of fused-ring (bicyclic) bond motifs is 2. The van der Waals surface area contributed by atoms with Crippen molar-refractivity contribution in [1.29, 1.82) is 0 Å². The number of aromatic nitrogens is 1. The van der Waals surface area contributed by atoms with E-state index in [2.05, 4.69) is 91.3 Å². The fourth-order valence-electron chi connectivity index (χ4n) is 3.82. The lowest BCUT2D eigenvalue weighted by atomic mass is 10.0. The lowest BCUT2D eigenvalue weighted by molar-refractivity contribution is 0.972. The number of benzene rings is 3. The van der Waals surface area contributed by atoms with Crippen LogP contribution in [-0.4, -0.2) is 4.57 Å². The number of rotatable bonds is 2. The molecule has 0 aliphatic carbocycles. The van der Waals surface area contributed by atoms with Gasteiger partial charge >= 0.3 is 0 Å². The van der Waals surface area contributed by atoms with Gasteiger partial charge in [-0.1, -0.05) is 54.1 Å². The highest BCUT2D eigenvalue weighted by Crippen LogP contribution is 2.59. The summed E-state index contributed by atoms with van der Waals surface area (Å²) in [6.07, 6.45) is 0. The van der Waals surface area contributed by atoms with Crippen molar-refractivity contribution in [2.24, 2.45) is 7.05 Å². The van der Waals surface area contributed by atoms with Crippen LogP contribution in [0.25, 0.3) is 22.2 Å². The van der Waals surface area contributed by atoms with E-state index in [1.54, 1.807) is 0 Å². The number of hydrogen-bond acceptors (Lipinski definition) is 2. The van der Waals surface area contributed by atoms with Crippen molar-refractivity contribution in [3.63, 3.8) is 0 Å². The van der Waals surface area contributed by atoms with Crippen molar-refractivity contribution in [3.05, 3.63) is 83.9 Å². The van der Waals surface area contributed by atoms with E-state index in [1.807, 2.05) is 23.5 Å². The minimum absolute atomic E-state index is 0.383. The molecule has 5 rings (SSSR count). The maximum Gasteiger partial charge on any atom is 0.0873 e. The molecule has 0 amide bonds. The number of thioether (sulfide) groups is 2. The van der Waals surface area contributed by atoms with Crippen molar-refractivity contribution in [2.75, 3.05) is 0 Å². The molecule has 1 aliphatic rings. The van der Waals surface area contributed by atoms with Gasteiger partial charge in [0.25, 0.3) is 0 Å². The van der Waals surface area contributed by atoms with Gasteiger partial charge in [0.1, 0.15) is 0 Å². The Balaban J connectivity index is 1.75. The predicted octanol–water partition coefficient (Wildman–Crippen LogP) is 7.05. The molecule has 1 aliphatic heterocycles. The summed E-state index contributed by atoms with van der Waals surface area (Å²) in [4.78, 5) is 2.79. The molecule has 3 aromatic carbocycles. The lowest BCUT2D eigenvalue weighted by Gasteiger charge is -2.13. The first kappa shape index (κ1) is 16.1. The molecule has 128 valence electrons. The summed E-state index contributed by atoms with van der Waals surface area (Å²) >= 11 is 3.96. The van der Waals surface area contributed by atoms with Crippen LogP contribution in [0.2, 0.25) is 0 Å². The summed E-state index contributed by atoms with van der Waals surface area (Å²) in [7, 11) is 2.20. The van der Waals surface area contributed by atoms with Crippen molar-refractivity contribution >= 4 is 34.4 Å². The molecule has 1 aromatic heterocycles. The normalized spacial score (nSPS) is 14.1. The molecule has 1 nitrogen and oxygen atoms in total. The highest BCUT2D eigenvalue weighted by molar-refractivity contribution is 8.19. The van der Waals surface area contributed by atoms with Crippen molar-refractivity contribution in [2.45, 2.75) is 21.3 Å². The van der Waals surface area contributed by atoms with Crippen molar-refractivity contribution < 1.29 is 0 Å². The van der Waals surface area contributed by atoms with Gasteiger partial charge in [0.05, 0.1) is 10.3 Å². The second-order valence-electron chi connectivity index (χ2n) is 6.72. The van der Waals surface area contributed by atoms with Crippen LogP contribution >= 0.6 is 23.5 Å². The summed E-state index contributed by atoms with van der Waals surface area (Å²) in [6, 6.07) is 26.4. The maximum atomic E-state index is 2.36. The zero-order valence-electron chi connectivity index (χ0n) is 14.8. The molecule has 0 saturated carbocycles. The van der Waals surface area contributed by atoms with E-state index in [1.165, 1.54) is 43.1 Å².